The van der Waals surface area contributed by atoms with Crippen molar-refractivity contribution in [2.45, 2.75) is 44.9 Å². The van der Waals surface area contributed by atoms with Crippen LogP contribution >= 0.6 is 0 Å². The summed E-state index contributed by atoms with van der Waals surface area (Å²) in [5.74, 6) is 0.708. The first kappa shape index (κ1) is 16.1. The minimum atomic E-state index is 0. The molecule has 0 spiro atoms. The molecule has 18 heavy (non-hydrogen) atoms. The maximum atomic E-state index is 12.0. The third kappa shape index (κ3) is 4.62. The Hall–Kier alpha value is 0.0531. The van der Waals surface area contributed by atoms with Crippen LogP contribution in [0.4, 0.5) is 0 Å². The van der Waals surface area contributed by atoms with Gasteiger partial charge in [0.25, 0.3) is 0 Å². The van der Waals surface area contributed by atoms with E-state index in [1.54, 1.807) is 0 Å². The van der Waals surface area contributed by atoms with Gasteiger partial charge in [-0.15, -0.1) is 0 Å². The first-order chi connectivity index (χ1) is 8.27. The standard InChI is InChI=1S/C14H22O3.Zr/c15-13(11-4-2-1-3-5-11)10-14(16)12-6-8-17-9-7-12;/h10-12,16H,1-9H2;/b14-10-;. The molecule has 1 aliphatic heterocycles. The van der Waals surface area contributed by atoms with Crippen molar-refractivity contribution in [3.8, 4) is 0 Å². The largest absolute Gasteiger partial charge is 0.512 e. The van der Waals surface area contributed by atoms with Crippen LogP contribution in [0, 0.1) is 11.8 Å². The van der Waals surface area contributed by atoms with Gasteiger partial charge in [0.2, 0.25) is 0 Å². The van der Waals surface area contributed by atoms with Gasteiger partial charge in [-0.2, -0.15) is 0 Å². The number of aliphatic hydroxyl groups is 1. The molecule has 3 nitrogen and oxygen atoms in total. The van der Waals surface area contributed by atoms with Crippen molar-refractivity contribution in [3.05, 3.63) is 11.8 Å². The third-order valence-corrected chi connectivity index (χ3v) is 3.94. The van der Waals surface area contributed by atoms with Crippen LogP contribution in [0.2, 0.25) is 0 Å². The summed E-state index contributed by atoms with van der Waals surface area (Å²) in [6, 6.07) is 0. The van der Waals surface area contributed by atoms with E-state index in [2.05, 4.69) is 0 Å². The molecule has 0 bridgehead atoms. The number of ketones is 1. The van der Waals surface area contributed by atoms with Gasteiger partial charge in [-0.1, -0.05) is 19.3 Å². The Morgan fingerprint density at radius 2 is 1.61 bits per heavy atom. The molecule has 2 fully saturated rings. The maximum Gasteiger partial charge on any atom is 0.162 e. The fraction of sp³-hybridized carbons (Fsp3) is 0.786. The molecule has 0 unspecified atom stereocenters. The monoisotopic (exact) mass is 328 g/mol. The zero-order valence-electron chi connectivity index (χ0n) is 10.9. The summed E-state index contributed by atoms with van der Waals surface area (Å²) < 4.78 is 5.25. The van der Waals surface area contributed by atoms with Gasteiger partial charge < -0.3 is 9.84 Å². The average Bonchev–Trinajstić information content (AvgIpc) is 2.40. The van der Waals surface area contributed by atoms with Crippen molar-refractivity contribution in [1.29, 1.82) is 0 Å². The van der Waals surface area contributed by atoms with E-state index in [0.717, 1.165) is 38.5 Å². The molecule has 0 aromatic carbocycles. The predicted molar refractivity (Wildman–Crippen MR) is 65.8 cm³/mol. The molecule has 0 aromatic heterocycles. The molecule has 1 saturated heterocycles. The van der Waals surface area contributed by atoms with Gasteiger partial charge in [-0.05, 0) is 25.7 Å². The van der Waals surface area contributed by atoms with E-state index in [1.165, 1.54) is 12.5 Å². The van der Waals surface area contributed by atoms with E-state index < -0.39 is 0 Å². The molecule has 1 heterocycles. The normalized spacial score (nSPS) is 23.4. The average molecular weight is 330 g/mol. The molecule has 1 saturated carbocycles. The summed E-state index contributed by atoms with van der Waals surface area (Å²) in [5, 5.41) is 9.96. The summed E-state index contributed by atoms with van der Waals surface area (Å²) in [5.41, 5.74) is 0. The number of carbonyl (C=O) groups is 1. The molecular formula is C14H22O3Zr. The Kier molecular flexibility index (Phi) is 7.40. The van der Waals surface area contributed by atoms with Crippen LogP contribution in [0.25, 0.3) is 0 Å². The quantitative estimate of drug-likeness (QED) is 0.639. The number of rotatable bonds is 3. The third-order valence-electron chi connectivity index (χ3n) is 3.94. The smallest absolute Gasteiger partial charge is 0.162 e. The van der Waals surface area contributed by atoms with Crippen LogP contribution < -0.4 is 0 Å². The molecule has 2 rings (SSSR count). The van der Waals surface area contributed by atoms with Crippen molar-refractivity contribution < 1.29 is 40.8 Å². The summed E-state index contributed by atoms with van der Waals surface area (Å²) in [6.45, 7) is 1.39. The van der Waals surface area contributed by atoms with Crippen LogP contribution in [-0.2, 0) is 35.7 Å². The van der Waals surface area contributed by atoms with Crippen molar-refractivity contribution in [2.24, 2.45) is 11.8 Å². The minimum Gasteiger partial charge on any atom is -0.512 e. The molecular weight excluding hydrogens is 307 g/mol. The number of aliphatic hydroxyl groups excluding tert-OH is 1. The fourth-order valence-electron chi connectivity index (χ4n) is 2.76. The topological polar surface area (TPSA) is 46.5 Å². The van der Waals surface area contributed by atoms with Gasteiger partial charge in [0.05, 0.1) is 5.76 Å². The van der Waals surface area contributed by atoms with Crippen molar-refractivity contribution in [3.63, 3.8) is 0 Å². The first-order valence-electron chi connectivity index (χ1n) is 6.79. The summed E-state index contributed by atoms with van der Waals surface area (Å²) in [6.07, 6.45) is 8.71. The molecule has 1 N–H and O–H groups in total. The summed E-state index contributed by atoms with van der Waals surface area (Å²) in [7, 11) is 0. The Labute approximate surface area is 128 Å². The van der Waals surface area contributed by atoms with E-state index >= 15 is 0 Å². The van der Waals surface area contributed by atoms with Gasteiger partial charge >= 0.3 is 0 Å². The molecule has 0 radical (unpaired) electrons. The second-order valence-corrected chi connectivity index (χ2v) is 5.19. The first-order valence-corrected chi connectivity index (χ1v) is 6.79. The van der Waals surface area contributed by atoms with Gasteiger partial charge in [-0.3, -0.25) is 4.79 Å². The predicted octanol–water partition coefficient (Wildman–Crippen LogP) is 3.00. The van der Waals surface area contributed by atoms with Crippen LogP contribution in [0.1, 0.15) is 44.9 Å². The Morgan fingerprint density at radius 3 is 2.22 bits per heavy atom. The van der Waals surface area contributed by atoms with Gasteiger partial charge in [-0.25, -0.2) is 0 Å². The zero-order chi connectivity index (χ0) is 12.1. The summed E-state index contributed by atoms with van der Waals surface area (Å²) in [4.78, 5) is 12.0. The minimum absolute atomic E-state index is 0. The molecule has 0 atom stereocenters. The van der Waals surface area contributed by atoms with E-state index in [1.807, 2.05) is 0 Å². The van der Waals surface area contributed by atoms with Crippen molar-refractivity contribution in [1.82, 2.24) is 0 Å². The molecule has 1 aliphatic carbocycles. The number of ether oxygens (including phenoxy) is 1. The fourth-order valence-corrected chi connectivity index (χ4v) is 2.76. The number of carbonyl (C=O) groups excluding carboxylic acids is 1. The second-order valence-electron chi connectivity index (χ2n) is 5.19. The number of hydrogen-bond acceptors (Lipinski definition) is 3. The van der Waals surface area contributed by atoms with Gasteiger partial charge in [0.15, 0.2) is 5.78 Å². The van der Waals surface area contributed by atoms with Crippen LogP contribution in [0.3, 0.4) is 0 Å². The SMILES string of the molecule is O=C(/C=C(\O)C1CCOCC1)C1CCCCC1.[Zr]. The van der Waals surface area contributed by atoms with Crippen LogP contribution in [-0.4, -0.2) is 24.1 Å². The van der Waals surface area contributed by atoms with Gasteiger partial charge in [0, 0.05) is 57.3 Å². The second kappa shape index (κ2) is 8.27. The van der Waals surface area contributed by atoms with Gasteiger partial charge in [0.1, 0.15) is 0 Å². The van der Waals surface area contributed by atoms with E-state index in [9.17, 15) is 9.90 Å². The molecule has 2 aliphatic rings. The Balaban J connectivity index is 0.00000162. The van der Waals surface area contributed by atoms with Crippen molar-refractivity contribution in [2.75, 3.05) is 13.2 Å². The maximum absolute atomic E-state index is 12.0. The zero-order valence-corrected chi connectivity index (χ0v) is 13.3. The number of hydrogen-bond donors (Lipinski definition) is 1. The van der Waals surface area contributed by atoms with E-state index in [4.69, 9.17) is 4.74 Å². The Bertz CT molecular complexity index is 289. The van der Waals surface area contributed by atoms with E-state index in [-0.39, 0.29) is 49.6 Å². The van der Waals surface area contributed by atoms with Crippen LogP contribution in [0.15, 0.2) is 11.8 Å². The molecule has 0 aromatic rings. The summed E-state index contributed by atoms with van der Waals surface area (Å²) >= 11 is 0. The Morgan fingerprint density at radius 1 is 1.00 bits per heavy atom. The molecule has 4 heteroatoms. The van der Waals surface area contributed by atoms with Crippen LogP contribution in [0.5, 0.6) is 0 Å². The van der Waals surface area contributed by atoms with E-state index in [0.29, 0.717) is 13.2 Å². The van der Waals surface area contributed by atoms with Crippen molar-refractivity contribution >= 4 is 5.78 Å². The molecule has 0 amide bonds. The molecule has 100 valence electrons. The number of allylic oxidation sites excluding steroid dienone is 2.